The normalized spacial score (nSPS) is 24.8. The lowest BCUT2D eigenvalue weighted by molar-refractivity contribution is -0.123. The summed E-state index contributed by atoms with van der Waals surface area (Å²) in [5.74, 6) is -0.0982. The van der Waals surface area contributed by atoms with Gasteiger partial charge in [-0.2, -0.15) is 0 Å². The zero-order valence-corrected chi connectivity index (χ0v) is 10.9. The molecule has 3 N–H and O–H groups in total. The van der Waals surface area contributed by atoms with Crippen LogP contribution >= 0.6 is 11.6 Å². The quantitative estimate of drug-likeness (QED) is 0.773. The number of benzene rings is 1. The minimum Gasteiger partial charge on any atom is -0.392 e. The van der Waals surface area contributed by atoms with Gasteiger partial charge < -0.3 is 15.7 Å². The molecular weight excluding hydrogens is 252 g/mol. The van der Waals surface area contributed by atoms with Crippen molar-refractivity contribution in [2.75, 3.05) is 6.54 Å². The van der Waals surface area contributed by atoms with E-state index in [0.29, 0.717) is 18.0 Å². The molecule has 0 aromatic heterocycles. The van der Waals surface area contributed by atoms with E-state index in [1.54, 1.807) is 6.07 Å². The van der Waals surface area contributed by atoms with E-state index in [1.807, 2.05) is 25.1 Å². The minimum absolute atomic E-state index is 0.0982. The summed E-state index contributed by atoms with van der Waals surface area (Å²) < 4.78 is 0. The Morgan fingerprint density at radius 1 is 1.56 bits per heavy atom. The van der Waals surface area contributed by atoms with Crippen LogP contribution < -0.4 is 10.6 Å². The highest BCUT2D eigenvalue weighted by Gasteiger charge is 2.28. The molecule has 1 aromatic carbocycles. The Bertz CT molecular complexity index is 439. The van der Waals surface area contributed by atoms with E-state index >= 15 is 0 Å². The molecule has 1 aliphatic heterocycles. The van der Waals surface area contributed by atoms with Crippen LogP contribution in [0.25, 0.3) is 0 Å². The van der Waals surface area contributed by atoms with E-state index in [-0.39, 0.29) is 18.0 Å². The van der Waals surface area contributed by atoms with E-state index in [9.17, 15) is 9.90 Å². The Morgan fingerprint density at radius 2 is 2.28 bits per heavy atom. The van der Waals surface area contributed by atoms with Crippen LogP contribution in [0.3, 0.4) is 0 Å². The van der Waals surface area contributed by atoms with Gasteiger partial charge >= 0.3 is 0 Å². The number of aliphatic hydroxyl groups excluding tert-OH is 1. The summed E-state index contributed by atoms with van der Waals surface area (Å²) in [6.45, 7) is 2.36. The Kier molecular flexibility index (Phi) is 4.22. The monoisotopic (exact) mass is 268 g/mol. The minimum atomic E-state index is -0.434. The number of halogens is 1. The number of carbonyl (C=O) groups is 1. The van der Waals surface area contributed by atoms with Gasteiger partial charge in [0.1, 0.15) is 0 Å². The van der Waals surface area contributed by atoms with Crippen LogP contribution in [0, 0.1) is 0 Å². The molecular formula is C13H17ClN2O2. The fraction of sp³-hybridized carbons (Fsp3) is 0.462. The highest BCUT2D eigenvalue weighted by Crippen LogP contribution is 2.22. The molecule has 0 aliphatic carbocycles. The second-order valence-electron chi connectivity index (χ2n) is 4.60. The topological polar surface area (TPSA) is 61.4 Å². The van der Waals surface area contributed by atoms with Crippen molar-refractivity contribution in [3.63, 3.8) is 0 Å². The maximum absolute atomic E-state index is 12.0. The number of rotatable bonds is 3. The van der Waals surface area contributed by atoms with Gasteiger partial charge in [0.2, 0.25) is 5.91 Å². The number of aliphatic hydroxyl groups is 1. The third kappa shape index (κ3) is 3.02. The van der Waals surface area contributed by atoms with Crippen LogP contribution in [0.5, 0.6) is 0 Å². The summed E-state index contributed by atoms with van der Waals surface area (Å²) in [6, 6.07) is 6.98. The number of hydrogen-bond acceptors (Lipinski definition) is 3. The predicted molar refractivity (Wildman–Crippen MR) is 70.4 cm³/mol. The van der Waals surface area contributed by atoms with Gasteiger partial charge in [-0.05, 0) is 25.0 Å². The molecule has 1 saturated heterocycles. The van der Waals surface area contributed by atoms with Crippen molar-refractivity contribution >= 4 is 17.5 Å². The summed E-state index contributed by atoms with van der Waals surface area (Å²) in [7, 11) is 0. The Hall–Kier alpha value is -1.10. The lowest BCUT2D eigenvalue weighted by Crippen LogP contribution is -2.41. The molecule has 1 fully saturated rings. The van der Waals surface area contributed by atoms with Gasteiger partial charge in [0.25, 0.3) is 0 Å². The fourth-order valence-electron chi connectivity index (χ4n) is 2.13. The molecule has 1 heterocycles. The molecule has 3 unspecified atom stereocenters. The smallest absolute Gasteiger partial charge is 0.237 e. The van der Waals surface area contributed by atoms with Crippen molar-refractivity contribution in [2.24, 2.45) is 0 Å². The molecule has 2 rings (SSSR count). The first kappa shape index (κ1) is 13.3. The molecule has 98 valence electrons. The van der Waals surface area contributed by atoms with Crippen molar-refractivity contribution < 1.29 is 9.90 Å². The van der Waals surface area contributed by atoms with Crippen LogP contribution in [0.4, 0.5) is 0 Å². The average molecular weight is 269 g/mol. The van der Waals surface area contributed by atoms with Crippen molar-refractivity contribution in [3.05, 3.63) is 34.9 Å². The maximum atomic E-state index is 12.0. The molecule has 1 amide bonds. The fourth-order valence-corrected chi connectivity index (χ4v) is 2.43. The van der Waals surface area contributed by atoms with E-state index in [1.165, 1.54) is 0 Å². The number of nitrogens with one attached hydrogen (secondary N) is 2. The van der Waals surface area contributed by atoms with E-state index in [0.717, 1.165) is 5.56 Å². The van der Waals surface area contributed by atoms with E-state index in [4.69, 9.17) is 11.6 Å². The van der Waals surface area contributed by atoms with Gasteiger partial charge in [0.15, 0.2) is 0 Å². The Balaban J connectivity index is 1.97. The largest absolute Gasteiger partial charge is 0.392 e. The molecule has 0 saturated carbocycles. The zero-order chi connectivity index (χ0) is 13.1. The predicted octanol–water partition coefficient (Wildman–Crippen LogP) is 1.24. The number of amides is 1. The highest BCUT2D eigenvalue weighted by atomic mass is 35.5. The van der Waals surface area contributed by atoms with E-state index < -0.39 is 6.10 Å². The lowest BCUT2D eigenvalue weighted by atomic mass is 10.1. The lowest BCUT2D eigenvalue weighted by Gasteiger charge is -2.18. The molecule has 4 nitrogen and oxygen atoms in total. The first-order valence-corrected chi connectivity index (χ1v) is 6.42. The third-order valence-corrected chi connectivity index (χ3v) is 3.50. The summed E-state index contributed by atoms with van der Waals surface area (Å²) in [6.07, 6.45) is 0.0255. The van der Waals surface area contributed by atoms with Crippen LogP contribution in [0.2, 0.25) is 5.02 Å². The third-order valence-electron chi connectivity index (χ3n) is 3.15. The molecule has 0 bridgehead atoms. The summed E-state index contributed by atoms with van der Waals surface area (Å²) in [4.78, 5) is 12.0. The zero-order valence-electron chi connectivity index (χ0n) is 10.2. The van der Waals surface area contributed by atoms with Gasteiger partial charge in [-0.3, -0.25) is 4.79 Å². The van der Waals surface area contributed by atoms with Gasteiger partial charge in [-0.25, -0.2) is 0 Å². The SMILES string of the molecule is CC(NC(=O)C1CC(O)CN1)c1ccccc1Cl. The first-order chi connectivity index (χ1) is 8.58. The van der Waals surface area contributed by atoms with Crippen LogP contribution in [0.1, 0.15) is 24.9 Å². The second kappa shape index (κ2) is 5.69. The van der Waals surface area contributed by atoms with Crippen molar-refractivity contribution in [2.45, 2.75) is 31.5 Å². The second-order valence-corrected chi connectivity index (χ2v) is 5.01. The molecule has 3 atom stereocenters. The average Bonchev–Trinajstić information content (AvgIpc) is 2.76. The van der Waals surface area contributed by atoms with Gasteiger partial charge in [-0.1, -0.05) is 29.8 Å². The summed E-state index contributed by atoms with van der Waals surface area (Å²) >= 11 is 6.08. The van der Waals surface area contributed by atoms with Crippen molar-refractivity contribution in [3.8, 4) is 0 Å². The highest BCUT2D eigenvalue weighted by molar-refractivity contribution is 6.31. The summed E-state index contributed by atoms with van der Waals surface area (Å²) in [5, 5.41) is 15.9. The molecule has 0 radical (unpaired) electrons. The van der Waals surface area contributed by atoms with Crippen molar-refractivity contribution in [1.29, 1.82) is 0 Å². The maximum Gasteiger partial charge on any atom is 0.237 e. The van der Waals surface area contributed by atoms with Crippen molar-refractivity contribution in [1.82, 2.24) is 10.6 Å². The first-order valence-electron chi connectivity index (χ1n) is 6.04. The number of hydrogen-bond donors (Lipinski definition) is 3. The standard InChI is InChI=1S/C13H17ClN2O2/c1-8(10-4-2-3-5-11(10)14)16-13(18)12-6-9(17)7-15-12/h2-5,8-9,12,15,17H,6-7H2,1H3,(H,16,18). The number of carbonyl (C=O) groups excluding carboxylic acids is 1. The van der Waals surface area contributed by atoms with Crippen LogP contribution in [0.15, 0.2) is 24.3 Å². The molecule has 0 spiro atoms. The van der Waals surface area contributed by atoms with Crippen LogP contribution in [-0.2, 0) is 4.79 Å². The Labute approximate surface area is 111 Å². The van der Waals surface area contributed by atoms with Gasteiger partial charge in [0.05, 0.1) is 18.2 Å². The van der Waals surface area contributed by atoms with Gasteiger partial charge in [0, 0.05) is 11.6 Å². The van der Waals surface area contributed by atoms with Crippen LogP contribution in [-0.4, -0.2) is 29.7 Å². The Morgan fingerprint density at radius 3 is 2.89 bits per heavy atom. The number of β-amino-alcohol motifs (C(OH)–C–C–N with tert-alkyl or cyclic N) is 1. The molecule has 1 aliphatic rings. The molecule has 1 aromatic rings. The van der Waals surface area contributed by atoms with E-state index in [2.05, 4.69) is 10.6 Å². The summed E-state index contributed by atoms with van der Waals surface area (Å²) in [5.41, 5.74) is 0.895. The molecule has 5 heteroatoms. The van der Waals surface area contributed by atoms with Gasteiger partial charge in [-0.15, -0.1) is 0 Å². The molecule has 18 heavy (non-hydrogen) atoms.